The summed E-state index contributed by atoms with van der Waals surface area (Å²) in [5.74, 6) is 0. The van der Waals surface area contributed by atoms with Crippen LogP contribution in [0, 0.1) is 0 Å². The average Bonchev–Trinajstić information content (AvgIpc) is 3.61. The van der Waals surface area contributed by atoms with Crippen molar-refractivity contribution >= 4 is 43.6 Å². The number of pyridine rings is 2. The van der Waals surface area contributed by atoms with Crippen molar-refractivity contribution in [3.05, 3.63) is 158 Å². The Kier molecular flexibility index (Phi) is 5.47. The minimum absolute atomic E-state index is 0.916. The highest BCUT2D eigenvalue weighted by Gasteiger charge is 2.26. The number of hydrogen-bond donors (Lipinski definition) is 0. The minimum atomic E-state index is 0.916. The van der Waals surface area contributed by atoms with Crippen LogP contribution in [0.25, 0.3) is 77.5 Å². The molecule has 0 saturated carbocycles. The van der Waals surface area contributed by atoms with Gasteiger partial charge in [-0.05, 0) is 60.7 Å². The van der Waals surface area contributed by atoms with Gasteiger partial charge in [-0.15, -0.1) is 0 Å². The number of nitrogens with zero attached hydrogens (tertiary/aromatic N) is 4. The van der Waals surface area contributed by atoms with Crippen molar-refractivity contribution in [3.63, 3.8) is 0 Å². The summed E-state index contributed by atoms with van der Waals surface area (Å²) in [6.45, 7) is 0. The molecule has 4 heteroatoms. The lowest BCUT2D eigenvalue weighted by Crippen LogP contribution is -2.08. The number of rotatable bonds is 4. The molecule has 0 unspecified atom stereocenters. The SMILES string of the molecule is c1ccc(-c2ccc(-c3ccccn3)c(-n3c4ccccc4c4ccccc43)c2-n2c3ccccc3c3ccccc32)nc1. The van der Waals surface area contributed by atoms with Gasteiger partial charge in [-0.2, -0.15) is 0 Å². The predicted molar refractivity (Wildman–Crippen MR) is 182 cm³/mol. The molecule has 206 valence electrons. The van der Waals surface area contributed by atoms with Crippen LogP contribution in [0.2, 0.25) is 0 Å². The molecular formula is C40H26N4. The molecule has 0 bridgehead atoms. The van der Waals surface area contributed by atoms with Crippen LogP contribution in [0.5, 0.6) is 0 Å². The van der Waals surface area contributed by atoms with E-state index in [4.69, 9.17) is 9.97 Å². The quantitative estimate of drug-likeness (QED) is 0.214. The summed E-state index contributed by atoms with van der Waals surface area (Å²) < 4.78 is 4.86. The van der Waals surface area contributed by atoms with E-state index in [2.05, 4.69) is 143 Å². The normalized spacial score (nSPS) is 11.6. The summed E-state index contributed by atoms with van der Waals surface area (Å²) in [5, 5.41) is 4.86. The van der Waals surface area contributed by atoms with E-state index in [0.29, 0.717) is 0 Å². The molecule has 0 amide bonds. The van der Waals surface area contributed by atoms with Crippen LogP contribution in [0.4, 0.5) is 0 Å². The predicted octanol–water partition coefficient (Wildman–Crippen LogP) is 10.0. The van der Waals surface area contributed by atoms with Gasteiger partial charge in [0, 0.05) is 45.1 Å². The molecule has 0 radical (unpaired) electrons. The van der Waals surface area contributed by atoms with E-state index in [1.807, 2.05) is 24.5 Å². The summed E-state index contributed by atoms with van der Waals surface area (Å²) in [6, 6.07) is 51.4. The van der Waals surface area contributed by atoms with Crippen molar-refractivity contribution in [1.29, 1.82) is 0 Å². The summed E-state index contributed by atoms with van der Waals surface area (Å²) in [5.41, 5.74) is 10.6. The fourth-order valence-electron chi connectivity index (χ4n) is 6.82. The highest BCUT2D eigenvalue weighted by Crippen LogP contribution is 2.45. The Hall–Kier alpha value is -6.00. The van der Waals surface area contributed by atoms with Gasteiger partial charge in [-0.1, -0.05) is 84.9 Å². The molecule has 0 atom stereocenters. The molecule has 0 fully saturated rings. The Morgan fingerprint density at radius 3 is 0.955 bits per heavy atom. The molecule has 0 aliphatic heterocycles. The third-order valence-electron chi connectivity index (χ3n) is 8.64. The fourth-order valence-corrected chi connectivity index (χ4v) is 6.82. The topological polar surface area (TPSA) is 35.6 Å². The number of fused-ring (bicyclic) bond motifs is 6. The summed E-state index contributed by atoms with van der Waals surface area (Å²) in [6.07, 6.45) is 3.75. The monoisotopic (exact) mass is 562 g/mol. The lowest BCUT2D eigenvalue weighted by atomic mass is 9.99. The Labute approximate surface area is 254 Å². The van der Waals surface area contributed by atoms with Crippen molar-refractivity contribution in [2.24, 2.45) is 0 Å². The maximum atomic E-state index is 4.89. The van der Waals surface area contributed by atoms with E-state index < -0.39 is 0 Å². The Morgan fingerprint density at radius 1 is 0.318 bits per heavy atom. The van der Waals surface area contributed by atoms with Crippen molar-refractivity contribution < 1.29 is 0 Å². The molecule has 4 heterocycles. The number of aromatic nitrogens is 4. The van der Waals surface area contributed by atoms with Gasteiger partial charge < -0.3 is 9.13 Å². The van der Waals surface area contributed by atoms with Gasteiger partial charge in [0.25, 0.3) is 0 Å². The zero-order valence-electron chi connectivity index (χ0n) is 23.8. The molecule has 9 aromatic rings. The summed E-state index contributed by atoms with van der Waals surface area (Å²) in [7, 11) is 0. The molecule has 5 aromatic carbocycles. The molecule has 0 saturated heterocycles. The van der Waals surface area contributed by atoms with Crippen molar-refractivity contribution in [2.75, 3.05) is 0 Å². The molecule has 0 spiro atoms. The third-order valence-corrected chi connectivity index (χ3v) is 8.64. The van der Waals surface area contributed by atoms with Crippen LogP contribution in [-0.4, -0.2) is 19.1 Å². The van der Waals surface area contributed by atoms with Crippen LogP contribution in [0.3, 0.4) is 0 Å². The number of hydrogen-bond acceptors (Lipinski definition) is 2. The van der Waals surface area contributed by atoms with E-state index >= 15 is 0 Å². The first-order chi connectivity index (χ1) is 21.9. The minimum Gasteiger partial charge on any atom is -0.306 e. The summed E-state index contributed by atoms with van der Waals surface area (Å²) >= 11 is 0. The van der Waals surface area contributed by atoms with Gasteiger partial charge in [0.2, 0.25) is 0 Å². The van der Waals surface area contributed by atoms with E-state index in [0.717, 1.165) is 56.0 Å². The number of para-hydroxylation sites is 4. The van der Waals surface area contributed by atoms with Crippen LogP contribution >= 0.6 is 0 Å². The molecule has 0 N–H and O–H groups in total. The van der Waals surface area contributed by atoms with E-state index in [9.17, 15) is 0 Å². The maximum absolute atomic E-state index is 4.89. The maximum Gasteiger partial charge on any atom is 0.0804 e. The largest absolute Gasteiger partial charge is 0.306 e. The second-order valence-electron chi connectivity index (χ2n) is 11.0. The Bertz CT molecular complexity index is 2210. The van der Waals surface area contributed by atoms with Gasteiger partial charge in [0.05, 0.1) is 44.8 Å². The molecular weight excluding hydrogens is 536 g/mol. The first kappa shape index (κ1) is 24.6. The van der Waals surface area contributed by atoms with Crippen molar-refractivity contribution in [1.82, 2.24) is 19.1 Å². The second kappa shape index (κ2) is 9.79. The smallest absolute Gasteiger partial charge is 0.0804 e. The lowest BCUT2D eigenvalue weighted by Gasteiger charge is -2.23. The molecule has 0 aliphatic rings. The van der Waals surface area contributed by atoms with Crippen LogP contribution < -0.4 is 0 Å². The van der Waals surface area contributed by atoms with E-state index in [1.165, 1.54) is 21.5 Å². The number of benzene rings is 5. The van der Waals surface area contributed by atoms with Gasteiger partial charge in [-0.25, -0.2) is 0 Å². The van der Waals surface area contributed by atoms with E-state index in [1.54, 1.807) is 0 Å². The fraction of sp³-hybridized carbons (Fsp3) is 0. The van der Waals surface area contributed by atoms with Gasteiger partial charge in [-0.3, -0.25) is 9.97 Å². The highest BCUT2D eigenvalue weighted by atomic mass is 15.1. The second-order valence-corrected chi connectivity index (χ2v) is 11.0. The summed E-state index contributed by atoms with van der Waals surface area (Å²) in [4.78, 5) is 9.78. The van der Waals surface area contributed by atoms with Crippen LogP contribution in [-0.2, 0) is 0 Å². The molecule has 0 aliphatic carbocycles. The molecule has 4 aromatic heterocycles. The van der Waals surface area contributed by atoms with Crippen LogP contribution in [0.15, 0.2) is 158 Å². The lowest BCUT2D eigenvalue weighted by molar-refractivity contribution is 1.09. The van der Waals surface area contributed by atoms with Crippen molar-refractivity contribution in [3.8, 4) is 33.9 Å². The van der Waals surface area contributed by atoms with Crippen molar-refractivity contribution in [2.45, 2.75) is 0 Å². The van der Waals surface area contributed by atoms with Gasteiger partial charge in [0.1, 0.15) is 0 Å². The Balaban J connectivity index is 1.57. The van der Waals surface area contributed by atoms with E-state index in [-0.39, 0.29) is 0 Å². The first-order valence-corrected chi connectivity index (χ1v) is 14.9. The third kappa shape index (κ3) is 3.58. The molecule has 4 nitrogen and oxygen atoms in total. The van der Waals surface area contributed by atoms with Crippen LogP contribution in [0.1, 0.15) is 0 Å². The zero-order chi connectivity index (χ0) is 29.0. The first-order valence-electron chi connectivity index (χ1n) is 14.9. The highest BCUT2D eigenvalue weighted by molar-refractivity contribution is 6.13. The zero-order valence-corrected chi connectivity index (χ0v) is 23.8. The van der Waals surface area contributed by atoms with Gasteiger partial charge >= 0.3 is 0 Å². The molecule has 9 rings (SSSR count). The molecule has 44 heavy (non-hydrogen) atoms. The van der Waals surface area contributed by atoms with Gasteiger partial charge in [0.15, 0.2) is 0 Å². The average molecular weight is 563 g/mol. The Morgan fingerprint density at radius 2 is 0.636 bits per heavy atom. The standard InChI is InChI=1S/C40H26N4/c1-5-19-35-27(13-1)28-14-2-6-20-36(28)43(35)39-31(33-17-9-11-25-41-33)23-24-32(34-18-10-12-26-42-34)40(39)44-37-21-7-3-15-29(37)30-16-4-8-22-38(30)44/h1-26H.